The van der Waals surface area contributed by atoms with Crippen molar-refractivity contribution >= 4 is 27.3 Å². The van der Waals surface area contributed by atoms with Crippen LogP contribution in [0, 0.1) is 0 Å². The first-order valence-electron chi connectivity index (χ1n) is 9.41. The molecule has 0 radical (unpaired) electrons. The SMILES string of the molecule is CS(=O)(=O)c1ccc(Cl)c(C(=O)NCc2ccc(CN3CCCCC3)cc2)c1. The monoisotopic (exact) mass is 420 g/mol. The molecular weight excluding hydrogens is 396 g/mol. The maximum atomic E-state index is 12.5. The maximum Gasteiger partial charge on any atom is 0.253 e. The number of nitrogens with zero attached hydrogens (tertiary/aromatic N) is 1. The lowest BCUT2D eigenvalue weighted by molar-refractivity contribution is 0.0951. The van der Waals surface area contributed by atoms with E-state index in [0.29, 0.717) is 6.54 Å². The van der Waals surface area contributed by atoms with E-state index in [1.165, 1.54) is 43.0 Å². The summed E-state index contributed by atoms with van der Waals surface area (Å²) in [5.74, 6) is -0.395. The molecule has 1 aliphatic heterocycles. The number of rotatable bonds is 6. The molecule has 3 rings (SSSR count). The van der Waals surface area contributed by atoms with E-state index in [9.17, 15) is 13.2 Å². The first-order chi connectivity index (χ1) is 13.3. The molecule has 0 spiro atoms. The third-order valence-electron chi connectivity index (χ3n) is 4.94. The van der Waals surface area contributed by atoms with E-state index in [1.54, 1.807) is 0 Å². The fraction of sp³-hybridized carbons (Fsp3) is 0.381. The Hall–Kier alpha value is -1.89. The van der Waals surface area contributed by atoms with Crippen molar-refractivity contribution in [3.8, 4) is 0 Å². The van der Waals surface area contributed by atoms with Gasteiger partial charge in [0.25, 0.3) is 5.91 Å². The van der Waals surface area contributed by atoms with E-state index in [0.717, 1.165) is 31.5 Å². The van der Waals surface area contributed by atoms with E-state index in [-0.39, 0.29) is 15.5 Å². The minimum absolute atomic E-state index is 0.0733. The van der Waals surface area contributed by atoms with Gasteiger partial charge in [-0.2, -0.15) is 0 Å². The fourth-order valence-corrected chi connectivity index (χ4v) is 4.18. The predicted octanol–water partition coefficient (Wildman–Crippen LogP) is 3.66. The highest BCUT2D eigenvalue weighted by Gasteiger charge is 2.15. The Bertz CT molecular complexity index is 937. The van der Waals surface area contributed by atoms with Crippen LogP contribution in [0.15, 0.2) is 47.4 Å². The predicted molar refractivity (Wildman–Crippen MR) is 111 cm³/mol. The number of carbonyl (C=O) groups excluding carboxylic acids is 1. The molecule has 0 unspecified atom stereocenters. The van der Waals surface area contributed by atoms with Crippen molar-refractivity contribution in [2.45, 2.75) is 37.2 Å². The highest BCUT2D eigenvalue weighted by molar-refractivity contribution is 7.90. The minimum Gasteiger partial charge on any atom is -0.348 e. The topological polar surface area (TPSA) is 66.5 Å². The summed E-state index contributed by atoms with van der Waals surface area (Å²) in [6.45, 7) is 3.62. The van der Waals surface area contributed by atoms with Gasteiger partial charge in [0.15, 0.2) is 9.84 Å². The zero-order valence-electron chi connectivity index (χ0n) is 15.9. The van der Waals surface area contributed by atoms with Gasteiger partial charge in [0.1, 0.15) is 0 Å². The summed E-state index contributed by atoms with van der Waals surface area (Å²) >= 11 is 6.08. The van der Waals surface area contributed by atoms with Crippen LogP contribution in [0.2, 0.25) is 5.02 Å². The molecular formula is C21H25ClN2O3S. The van der Waals surface area contributed by atoms with Crippen LogP contribution in [0.25, 0.3) is 0 Å². The lowest BCUT2D eigenvalue weighted by atomic mass is 10.1. The van der Waals surface area contributed by atoms with Crippen molar-refractivity contribution in [1.29, 1.82) is 0 Å². The standard InChI is InChI=1S/C21H25ClN2O3S/c1-28(26,27)18-9-10-20(22)19(13-18)21(25)23-14-16-5-7-17(8-6-16)15-24-11-3-2-4-12-24/h5-10,13H,2-4,11-12,14-15H2,1H3,(H,23,25). The second-order valence-electron chi connectivity index (χ2n) is 7.25. The quantitative estimate of drug-likeness (QED) is 0.774. The summed E-state index contributed by atoms with van der Waals surface area (Å²) in [6, 6.07) is 12.3. The van der Waals surface area contributed by atoms with Crippen LogP contribution in [-0.4, -0.2) is 38.6 Å². The lowest BCUT2D eigenvalue weighted by Crippen LogP contribution is -2.29. The van der Waals surface area contributed by atoms with Gasteiger partial charge in [0.05, 0.1) is 15.5 Å². The number of carbonyl (C=O) groups is 1. The summed E-state index contributed by atoms with van der Waals surface area (Å²) in [4.78, 5) is 15.0. The molecule has 2 aromatic rings. The zero-order chi connectivity index (χ0) is 20.1. The third-order valence-corrected chi connectivity index (χ3v) is 6.38. The minimum atomic E-state index is -3.40. The summed E-state index contributed by atoms with van der Waals surface area (Å²) in [7, 11) is -3.40. The molecule has 2 aromatic carbocycles. The van der Waals surface area contributed by atoms with Crippen LogP contribution in [-0.2, 0) is 22.9 Å². The van der Waals surface area contributed by atoms with Gasteiger partial charge in [-0.1, -0.05) is 42.3 Å². The molecule has 150 valence electrons. The van der Waals surface area contributed by atoms with E-state index in [2.05, 4.69) is 22.3 Å². The Morgan fingerprint density at radius 1 is 1.04 bits per heavy atom. The van der Waals surface area contributed by atoms with Crippen LogP contribution in [0.3, 0.4) is 0 Å². The van der Waals surface area contributed by atoms with Crippen LogP contribution in [0.5, 0.6) is 0 Å². The van der Waals surface area contributed by atoms with Gasteiger partial charge in [-0.05, 0) is 55.3 Å². The van der Waals surface area contributed by atoms with Gasteiger partial charge in [0.2, 0.25) is 0 Å². The summed E-state index contributed by atoms with van der Waals surface area (Å²) in [6.07, 6.45) is 4.97. The van der Waals surface area contributed by atoms with Crippen LogP contribution >= 0.6 is 11.6 Å². The number of benzene rings is 2. The molecule has 1 saturated heterocycles. The van der Waals surface area contributed by atoms with Gasteiger partial charge >= 0.3 is 0 Å². The van der Waals surface area contributed by atoms with Crippen molar-refractivity contribution < 1.29 is 13.2 Å². The van der Waals surface area contributed by atoms with Crippen molar-refractivity contribution in [2.75, 3.05) is 19.3 Å². The molecule has 1 aliphatic rings. The van der Waals surface area contributed by atoms with Gasteiger partial charge in [0, 0.05) is 19.3 Å². The fourth-order valence-electron chi connectivity index (χ4n) is 3.32. The highest BCUT2D eigenvalue weighted by atomic mass is 35.5. The molecule has 1 amide bonds. The number of amides is 1. The van der Waals surface area contributed by atoms with Gasteiger partial charge < -0.3 is 5.32 Å². The lowest BCUT2D eigenvalue weighted by Gasteiger charge is -2.26. The maximum absolute atomic E-state index is 12.5. The van der Waals surface area contributed by atoms with E-state index in [4.69, 9.17) is 11.6 Å². The van der Waals surface area contributed by atoms with Crippen molar-refractivity contribution in [3.63, 3.8) is 0 Å². The Labute approximate surface area is 171 Å². The average Bonchev–Trinajstić information content (AvgIpc) is 2.67. The number of halogens is 1. The van der Waals surface area contributed by atoms with E-state index < -0.39 is 15.7 Å². The third kappa shape index (κ3) is 5.56. The smallest absolute Gasteiger partial charge is 0.253 e. The molecule has 0 aromatic heterocycles. The van der Waals surface area contributed by atoms with Crippen LogP contribution < -0.4 is 5.32 Å². The van der Waals surface area contributed by atoms with Crippen LogP contribution in [0.1, 0.15) is 40.7 Å². The average molecular weight is 421 g/mol. The summed E-state index contributed by atoms with van der Waals surface area (Å²) in [5, 5.41) is 3.03. The van der Waals surface area contributed by atoms with E-state index in [1.807, 2.05) is 12.1 Å². The molecule has 1 heterocycles. The zero-order valence-corrected chi connectivity index (χ0v) is 17.5. The van der Waals surface area contributed by atoms with Crippen molar-refractivity contribution in [1.82, 2.24) is 10.2 Å². The number of piperidine rings is 1. The highest BCUT2D eigenvalue weighted by Crippen LogP contribution is 2.21. The molecule has 7 heteroatoms. The Morgan fingerprint density at radius 3 is 2.32 bits per heavy atom. The number of sulfone groups is 1. The molecule has 28 heavy (non-hydrogen) atoms. The number of nitrogens with one attached hydrogen (secondary N) is 1. The first-order valence-corrected chi connectivity index (χ1v) is 11.7. The normalized spacial score (nSPS) is 15.4. The van der Waals surface area contributed by atoms with Gasteiger partial charge in [-0.15, -0.1) is 0 Å². The van der Waals surface area contributed by atoms with E-state index >= 15 is 0 Å². The molecule has 0 aliphatic carbocycles. The molecule has 0 saturated carbocycles. The van der Waals surface area contributed by atoms with Gasteiger partial charge in [-0.3, -0.25) is 9.69 Å². The number of hydrogen-bond acceptors (Lipinski definition) is 4. The second kappa shape index (κ2) is 9.07. The second-order valence-corrected chi connectivity index (χ2v) is 9.67. The summed E-state index contributed by atoms with van der Waals surface area (Å²) < 4.78 is 23.4. The molecule has 5 nitrogen and oxygen atoms in total. The largest absolute Gasteiger partial charge is 0.348 e. The Balaban J connectivity index is 1.60. The van der Waals surface area contributed by atoms with Crippen molar-refractivity contribution in [2.24, 2.45) is 0 Å². The van der Waals surface area contributed by atoms with Crippen LogP contribution in [0.4, 0.5) is 0 Å². The number of hydrogen-bond donors (Lipinski definition) is 1. The number of likely N-dealkylation sites (tertiary alicyclic amines) is 1. The molecule has 1 fully saturated rings. The molecule has 1 N–H and O–H groups in total. The van der Waals surface area contributed by atoms with Crippen molar-refractivity contribution in [3.05, 3.63) is 64.2 Å². The Kier molecular flexibility index (Phi) is 6.75. The molecule has 0 bridgehead atoms. The Morgan fingerprint density at radius 2 is 1.68 bits per heavy atom. The summed E-state index contributed by atoms with van der Waals surface area (Å²) in [5.41, 5.74) is 2.40. The first kappa shape index (κ1) is 20.8. The molecule has 0 atom stereocenters. The van der Waals surface area contributed by atoms with Gasteiger partial charge in [-0.25, -0.2) is 8.42 Å².